The fourth-order valence-electron chi connectivity index (χ4n) is 0.927. The number of carbonyl (C=O) groups is 1. The molecule has 0 aliphatic rings. The van der Waals surface area contributed by atoms with E-state index < -0.39 is 5.60 Å². The number of nitrogens with one attached hydrogen (secondary N) is 1. The van der Waals surface area contributed by atoms with Crippen LogP contribution in [0.4, 0.5) is 5.69 Å². The summed E-state index contributed by atoms with van der Waals surface area (Å²) in [5, 5.41) is 0.350. The van der Waals surface area contributed by atoms with Crippen molar-refractivity contribution in [2.75, 3.05) is 5.73 Å². The van der Waals surface area contributed by atoms with E-state index in [9.17, 15) is 4.79 Å². The molecule has 16 heavy (non-hydrogen) atoms. The van der Waals surface area contributed by atoms with Crippen molar-refractivity contribution >= 4 is 23.2 Å². The van der Waals surface area contributed by atoms with Crippen molar-refractivity contribution in [3.8, 4) is 0 Å². The smallest absolute Gasteiger partial charge is 0.274 e. The van der Waals surface area contributed by atoms with Gasteiger partial charge >= 0.3 is 0 Å². The van der Waals surface area contributed by atoms with Crippen LogP contribution in [0.2, 0.25) is 5.02 Å². The zero-order valence-corrected chi connectivity index (χ0v) is 10.3. The van der Waals surface area contributed by atoms with Gasteiger partial charge in [-0.1, -0.05) is 11.6 Å². The largest absolute Gasteiger partial charge is 0.398 e. The lowest BCUT2D eigenvalue weighted by atomic mass is 10.2. The number of anilines is 1. The molecular weight excluding hydrogens is 228 g/mol. The Labute approximate surface area is 99.7 Å². The summed E-state index contributed by atoms with van der Waals surface area (Å²) in [4.78, 5) is 16.8. The Morgan fingerprint density at radius 2 is 2.06 bits per heavy atom. The molecule has 0 atom stereocenters. The van der Waals surface area contributed by atoms with Gasteiger partial charge in [0.05, 0.1) is 16.3 Å². The minimum absolute atomic E-state index is 0.350. The fourth-order valence-corrected chi connectivity index (χ4v) is 1.11. The third kappa shape index (κ3) is 3.72. The molecule has 1 rings (SSSR count). The summed E-state index contributed by atoms with van der Waals surface area (Å²) in [6.07, 6.45) is 0. The highest BCUT2D eigenvalue weighted by Crippen LogP contribution is 2.19. The van der Waals surface area contributed by atoms with Crippen LogP contribution >= 0.6 is 11.6 Å². The first-order valence-corrected chi connectivity index (χ1v) is 5.21. The van der Waals surface area contributed by atoms with Crippen LogP contribution in [-0.4, -0.2) is 11.5 Å². The quantitative estimate of drug-likeness (QED) is 0.618. The number of nitrogen functional groups attached to an aromatic ring is 1. The maximum Gasteiger partial charge on any atom is 0.274 e. The molecular formula is C11H15ClN2O2. The molecule has 0 aromatic heterocycles. The van der Waals surface area contributed by atoms with Gasteiger partial charge in [-0.25, -0.2) is 5.48 Å². The first-order valence-electron chi connectivity index (χ1n) is 4.83. The topological polar surface area (TPSA) is 64.3 Å². The Morgan fingerprint density at radius 3 is 2.56 bits per heavy atom. The Bertz CT molecular complexity index is 399. The van der Waals surface area contributed by atoms with Crippen molar-refractivity contribution < 1.29 is 9.63 Å². The van der Waals surface area contributed by atoms with E-state index in [0.717, 1.165) is 0 Å². The van der Waals surface area contributed by atoms with Gasteiger partial charge in [0.15, 0.2) is 0 Å². The first kappa shape index (κ1) is 12.8. The summed E-state index contributed by atoms with van der Waals surface area (Å²) < 4.78 is 0. The highest BCUT2D eigenvalue weighted by Gasteiger charge is 2.14. The molecule has 0 aliphatic heterocycles. The van der Waals surface area contributed by atoms with Gasteiger partial charge in [0.1, 0.15) is 0 Å². The molecule has 5 heteroatoms. The highest BCUT2D eigenvalue weighted by molar-refractivity contribution is 6.33. The second-order valence-corrected chi connectivity index (χ2v) is 4.79. The van der Waals surface area contributed by atoms with E-state index >= 15 is 0 Å². The molecule has 0 saturated carbocycles. The number of hydrogen-bond acceptors (Lipinski definition) is 3. The van der Waals surface area contributed by atoms with Gasteiger partial charge in [0.25, 0.3) is 5.91 Å². The van der Waals surface area contributed by atoms with Gasteiger partial charge in [-0.15, -0.1) is 0 Å². The van der Waals surface area contributed by atoms with Crippen molar-refractivity contribution in [1.29, 1.82) is 0 Å². The van der Waals surface area contributed by atoms with E-state index in [0.29, 0.717) is 16.3 Å². The molecule has 0 radical (unpaired) electrons. The van der Waals surface area contributed by atoms with Crippen LogP contribution in [-0.2, 0) is 4.84 Å². The normalized spacial score (nSPS) is 11.2. The minimum atomic E-state index is -0.437. The Morgan fingerprint density at radius 1 is 1.44 bits per heavy atom. The summed E-state index contributed by atoms with van der Waals surface area (Å²) in [6.45, 7) is 5.51. The summed E-state index contributed by atoms with van der Waals surface area (Å²) in [5.41, 5.74) is 8.29. The SMILES string of the molecule is CC(C)(C)ONC(=O)c1ccc(N)c(Cl)c1. The molecule has 88 valence electrons. The zero-order valence-electron chi connectivity index (χ0n) is 9.50. The molecule has 0 saturated heterocycles. The molecule has 1 aromatic carbocycles. The zero-order chi connectivity index (χ0) is 12.3. The molecule has 3 N–H and O–H groups in total. The van der Waals surface area contributed by atoms with Gasteiger partial charge in [0, 0.05) is 5.56 Å². The molecule has 0 spiro atoms. The molecule has 1 aromatic rings. The average molecular weight is 243 g/mol. The summed E-state index contributed by atoms with van der Waals surface area (Å²) in [7, 11) is 0. The van der Waals surface area contributed by atoms with E-state index in [1.807, 2.05) is 20.8 Å². The van der Waals surface area contributed by atoms with Gasteiger partial charge in [-0.05, 0) is 39.0 Å². The number of benzene rings is 1. The maximum absolute atomic E-state index is 11.6. The van der Waals surface area contributed by atoms with Crippen LogP contribution in [0.25, 0.3) is 0 Å². The van der Waals surface area contributed by atoms with Gasteiger partial charge < -0.3 is 5.73 Å². The number of nitrogens with two attached hydrogens (primary N) is 1. The Balaban J connectivity index is 2.70. The molecule has 4 nitrogen and oxygen atoms in total. The third-order valence-corrected chi connectivity index (χ3v) is 2.04. The number of hydroxylamine groups is 1. The number of rotatable bonds is 2. The third-order valence-electron chi connectivity index (χ3n) is 1.71. The Kier molecular flexibility index (Phi) is 3.78. The van der Waals surface area contributed by atoms with Crippen LogP contribution in [0.5, 0.6) is 0 Å². The standard InChI is InChI=1S/C11H15ClN2O2/c1-11(2,3)16-14-10(15)7-4-5-9(13)8(12)6-7/h4-6H,13H2,1-3H3,(H,14,15). The van der Waals surface area contributed by atoms with Gasteiger partial charge in [0.2, 0.25) is 0 Å². The number of hydrogen-bond donors (Lipinski definition) is 2. The molecule has 1 amide bonds. The lowest BCUT2D eigenvalue weighted by Gasteiger charge is -2.18. The molecule has 0 unspecified atom stereocenters. The lowest BCUT2D eigenvalue weighted by molar-refractivity contribution is -0.0589. The van der Waals surface area contributed by atoms with E-state index in [4.69, 9.17) is 22.2 Å². The second kappa shape index (κ2) is 4.72. The monoisotopic (exact) mass is 242 g/mol. The number of halogens is 1. The highest BCUT2D eigenvalue weighted by atomic mass is 35.5. The van der Waals surface area contributed by atoms with Crippen LogP contribution in [0.1, 0.15) is 31.1 Å². The molecule has 0 aliphatic carbocycles. The summed E-state index contributed by atoms with van der Waals surface area (Å²) in [5.74, 6) is -0.350. The van der Waals surface area contributed by atoms with Crippen LogP contribution < -0.4 is 11.2 Å². The van der Waals surface area contributed by atoms with Gasteiger partial charge in [-0.2, -0.15) is 0 Å². The number of amides is 1. The van der Waals surface area contributed by atoms with E-state index in [1.165, 1.54) is 6.07 Å². The van der Waals surface area contributed by atoms with E-state index in [1.54, 1.807) is 12.1 Å². The summed E-state index contributed by atoms with van der Waals surface area (Å²) in [6, 6.07) is 4.66. The maximum atomic E-state index is 11.6. The summed E-state index contributed by atoms with van der Waals surface area (Å²) >= 11 is 5.80. The van der Waals surface area contributed by atoms with Crippen molar-refractivity contribution in [2.45, 2.75) is 26.4 Å². The van der Waals surface area contributed by atoms with Gasteiger partial charge in [-0.3, -0.25) is 9.63 Å². The van der Waals surface area contributed by atoms with Crippen molar-refractivity contribution in [3.63, 3.8) is 0 Å². The molecule has 0 heterocycles. The minimum Gasteiger partial charge on any atom is -0.398 e. The predicted molar refractivity (Wildman–Crippen MR) is 64.2 cm³/mol. The molecule has 0 bridgehead atoms. The molecule has 0 fully saturated rings. The fraction of sp³-hybridized carbons (Fsp3) is 0.364. The number of carbonyl (C=O) groups excluding carboxylic acids is 1. The van der Waals surface area contributed by atoms with Crippen molar-refractivity contribution in [2.24, 2.45) is 0 Å². The second-order valence-electron chi connectivity index (χ2n) is 4.38. The van der Waals surface area contributed by atoms with Crippen molar-refractivity contribution in [1.82, 2.24) is 5.48 Å². The predicted octanol–water partition coefficient (Wildman–Crippen LogP) is 2.38. The van der Waals surface area contributed by atoms with Crippen LogP contribution in [0.3, 0.4) is 0 Å². The van der Waals surface area contributed by atoms with E-state index in [2.05, 4.69) is 5.48 Å². The Hall–Kier alpha value is -1.26. The lowest BCUT2D eigenvalue weighted by Crippen LogP contribution is -2.33. The van der Waals surface area contributed by atoms with E-state index in [-0.39, 0.29) is 5.91 Å². The first-order chi connectivity index (χ1) is 7.29. The average Bonchev–Trinajstić information content (AvgIpc) is 2.17. The van der Waals surface area contributed by atoms with Crippen LogP contribution in [0, 0.1) is 0 Å². The van der Waals surface area contributed by atoms with Crippen LogP contribution in [0.15, 0.2) is 18.2 Å². The van der Waals surface area contributed by atoms with Crippen molar-refractivity contribution in [3.05, 3.63) is 28.8 Å².